The van der Waals surface area contributed by atoms with Crippen LogP contribution in [-0.2, 0) is 4.79 Å². The summed E-state index contributed by atoms with van der Waals surface area (Å²) >= 11 is 0. The number of nitrogens with one attached hydrogen (secondary N) is 2. The minimum atomic E-state index is -0.941. The lowest BCUT2D eigenvalue weighted by atomic mass is 10.2. The number of hydrogen-bond acceptors (Lipinski definition) is 3. The van der Waals surface area contributed by atoms with E-state index in [0.717, 1.165) is 11.4 Å². The van der Waals surface area contributed by atoms with Gasteiger partial charge in [-0.2, -0.15) is 0 Å². The summed E-state index contributed by atoms with van der Waals surface area (Å²) in [6.45, 7) is 5.27. The maximum Gasteiger partial charge on any atom is 0.319 e. The van der Waals surface area contributed by atoms with Crippen LogP contribution in [0.25, 0.3) is 0 Å². The van der Waals surface area contributed by atoms with Crippen molar-refractivity contribution in [2.75, 3.05) is 11.9 Å². The van der Waals surface area contributed by atoms with Crippen molar-refractivity contribution < 1.29 is 14.7 Å². The minimum absolute atomic E-state index is 0.0828. The quantitative estimate of drug-likeness (QED) is 0.757. The van der Waals surface area contributed by atoms with Crippen molar-refractivity contribution in [3.63, 3.8) is 0 Å². The van der Waals surface area contributed by atoms with Gasteiger partial charge in [0.15, 0.2) is 0 Å². The third kappa shape index (κ3) is 4.04. The number of aryl methyl sites for hydroxylation is 2. The molecule has 0 aliphatic carbocycles. The van der Waals surface area contributed by atoms with Crippen LogP contribution in [0, 0.1) is 19.8 Å². The summed E-state index contributed by atoms with van der Waals surface area (Å²) < 4.78 is 0. The highest BCUT2D eigenvalue weighted by atomic mass is 16.4. The van der Waals surface area contributed by atoms with E-state index >= 15 is 0 Å². The van der Waals surface area contributed by atoms with E-state index in [9.17, 15) is 9.59 Å². The van der Waals surface area contributed by atoms with E-state index in [2.05, 4.69) is 15.6 Å². The van der Waals surface area contributed by atoms with Gasteiger partial charge in [-0.3, -0.25) is 9.78 Å². The number of aliphatic carboxylic acids is 1. The molecule has 0 bridgehead atoms. The van der Waals surface area contributed by atoms with Gasteiger partial charge < -0.3 is 15.7 Å². The number of carbonyl (C=O) groups excluding carboxylic acids is 1. The topological polar surface area (TPSA) is 91.3 Å². The van der Waals surface area contributed by atoms with E-state index in [-0.39, 0.29) is 6.54 Å². The van der Waals surface area contributed by atoms with Gasteiger partial charge in [-0.25, -0.2) is 4.79 Å². The molecule has 18 heavy (non-hydrogen) atoms. The molecule has 6 heteroatoms. The molecule has 1 unspecified atom stereocenters. The summed E-state index contributed by atoms with van der Waals surface area (Å²) in [4.78, 5) is 26.3. The maximum atomic E-state index is 11.5. The first-order valence-electron chi connectivity index (χ1n) is 5.62. The molecule has 0 fully saturated rings. The Kier molecular flexibility index (Phi) is 4.65. The number of urea groups is 1. The molecule has 3 N–H and O–H groups in total. The lowest BCUT2D eigenvalue weighted by Crippen LogP contribution is -2.34. The Morgan fingerprint density at radius 3 is 2.61 bits per heavy atom. The molecule has 1 atom stereocenters. The fourth-order valence-corrected chi connectivity index (χ4v) is 1.32. The van der Waals surface area contributed by atoms with Gasteiger partial charge in [-0.05, 0) is 26.0 Å². The molecule has 0 spiro atoms. The average molecular weight is 251 g/mol. The van der Waals surface area contributed by atoms with Gasteiger partial charge in [0.25, 0.3) is 0 Å². The standard InChI is InChI=1S/C12H17N3O3/c1-7(11(16)17)6-13-12(18)15-10-5-4-8(2)14-9(10)3/h4-5,7H,6H2,1-3H3,(H,16,17)(H2,13,15,18). The largest absolute Gasteiger partial charge is 0.481 e. The summed E-state index contributed by atoms with van der Waals surface area (Å²) in [5, 5.41) is 13.8. The summed E-state index contributed by atoms with van der Waals surface area (Å²) in [5.74, 6) is -1.56. The third-order valence-electron chi connectivity index (χ3n) is 2.46. The number of nitrogens with zero attached hydrogens (tertiary/aromatic N) is 1. The zero-order valence-electron chi connectivity index (χ0n) is 10.7. The van der Waals surface area contributed by atoms with Gasteiger partial charge >= 0.3 is 12.0 Å². The van der Waals surface area contributed by atoms with E-state index in [0.29, 0.717) is 5.69 Å². The molecule has 0 radical (unpaired) electrons. The van der Waals surface area contributed by atoms with Crippen molar-refractivity contribution in [1.29, 1.82) is 0 Å². The number of amides is 2. The summed E-state index contributed by atoms with van der Waals surface area (Å²) in [5.41, 5.74) is 2.20. The normalized spacial score (nSPS) is 11.7. The summed E-state index contributed by atoms with van der Waals surface area (Å²) in [7, 11) is 0. The Labute approximate surface area is 105 Å². The van der Waals surface area contributed by atoms with Crippen LogP contribution in [0.15, 0.2) is 12.1 Å². The highest BCUT2D eigenvalue weighted by molar-refractivity contribution is 5.90. The molecule has 0 aromatic carbocycles. The van der Waals surface area contributed by atoms with Crippen LogP contribution >= 0.6 is 0 Å². The van der Waals surface area contributed by atoms with Crippen molar-refractivity contribution in [2.45, 2.75) is 20.8 Å². The fourth-order valence-electron chi connectivity index (χ4n) is 1.32. The molecule has 1 heterocycles. The predicted octanol–water partition coefficient (Wildman–Crippen LogP) is 1.54. The first kappa shape index (κ1) is 14.0. The van der Waals surface area contributed by atoms with E-state index < -0.39 is 17.9 Å². The highest BCUT2D eigenvalue weighted by Crippen LogP contribution is 2.12. The number of rotatable bonds is 4. The average Bonchev–Trinajstić information content (AvgIpc) is 2.29. The zero-order chi connectivity index (χ0) is 13.7. The van der Waals surface area contributed by atoms with E-state index in [1.54, 1.807) is 19.1 Å². The van der Waals surface area contributed by atoms with Gasteiger partial charge in [-0.15, -0.1) is 0 Å². The molecule has 1 aromatic rings. The molecule has 2 amide bonds. The van der Waals surface area contributed by atoms with Crippen LogP contribution in [0.2, 0.25) is 0 Å². The second-order valence-electron chi connectivity index (χ2n) is 4.16. The van der Waals surface area contributed by atoms with E-state index in [1.165, 1.54) is 6.92 Å². The van der Waals surface area contributed by atoms with Crippen LogP contribution in [0.5, 0.6) is 0 Å². The Morgan fingerprint density at radius 2 is 2.06 bits per heavy atom. The Hall–Kier alpha value is -2.11. The molecule has 1 rings (SSSR count). The Morgan fingerprint density at radius 1 is 1.39 bits per heavy atom. The molecule has 0 aliphatic heterocycles. The van der Waals surface area contributed by atoms with Crippen LogP contribution in [-0.4, -0.2) is 28.6 Å². The van der Waals surface area contributed by atoms with Crippen LogP contribution in [0.1, 0.15) is 18.3 Å². The Balaban J connectivity index is 2.52. The molecule has 1 aromatic heterocycles. The monoisotopic (exact) mass is 251 g/mol. The molecule has 6 nitrogen and oxygen atoms in total. The SMILES string of the molecule is Cc1ccc(NC(=O)NCC(C)C(=O)O)c(C)n1. The zero-order valence-corrected chi connectivity index (χ0v) is 10.7. The number of pyridine rings is 1. The molecule has 0 saturated heterocycles. The summed E-state index contributed by atoms with van der Waals surface area (Å²) in [6.07, 6.45) is 0. The third-order valence-corrected chi connectivity index (χ3v) is 2.46. The molecule has 0 saturated carbocycles. The highest BCUT2D eigenvalue weighted by Gasteiger charge is 2.12. The molecular formula is C12H17N3O3. The van der Waals surface area contributed by atoms with Crippen molar-refractivity contribution in [3.05, 3.63) is 23.5 Å². The van der Waals surface area contributed by atoms with Crippen LogP contribution < -0.4 is 10.6 Å². The number of carbonyl (C=O) groups is 2. The van der Waals surface area contributed by atoms with Crippen molar-refractivity contribution in [3.8, 4) is 0 Å². The molecule has 0 aliphatic rings. The molecule has 98 valence electrons. The van der Waals surface area contributed by atoms with Gasteiger partial charge in [0, 0.05) is 12.2 Å². The van der Waals surface area contributed by atoms with E-state index in [4.69, 9.17) is 5.11 Å². The van der Waals surface area contributed by atoms with Gasteiger partial charge in [0.05, 0.1) is 17.3 Å². The number of carboxylic acids is 1. The van der Waals surface area contributed by atoms with Crippen molar-refractivity contribution >= 4 is 17.7 Å². The lowest BCUT2D eigenvalue weighted by molar-refractivity contribution is -0.140. The first-order valence-corrected chi connectivity index (χ1v) is 5.62. The van der Waals surface area contributed by atoms with Crippen LogP contribution in [0.3, 0.4) is 0 Å². The minimum Gasteiger partial charge on any atom is -0.481 e. The number of hydrogen-bond donors (Lipinski definition) is 3. The van der Waals surface area contributed by atoms with Crippen molar-refractivity contribution in [1.82, 2.24) is 10.3 Å². The van der Waals surface area contributed by atoms with Crippen molar-refractivity contribution in [2.24, 2.45) is 5.92 Å². The fraction of sp³-hybridized carbons (Fsp3) is 0.417. The lowest BCUT2D eigenvalue weighted by Gasteiger charge is -2.11. The Bertz CT molecular complexity index is 460. The van der Waals surface area contributed by atoms with Gasteiger partial charge in [-0.1, -0.05) is 6.92 Å². The van der Waals surface area contributed by atoms with Crippen LogP contribution in [0.4, 0.5) is 10.5 Å². The first-order chi connectivity index (χ1) is 8.40. The predicted molar refractivity (Wildman–Crippen MR) is 67.5 cm³/mol. The second kappa shape index (κ2) is 6.00. The van der Waals surface area contributed by atoms with Gasteiger partial charge in [0.2, 0.25) is 0 Å². The number of aromatic nitrogens is 1. The maximum absolute atomic E-state index is 11.5. The van der Waals surface area contributed by atoms with E-state index in [1.807, 2.05) is 6.92 Å². The smallest absolute Gasteiger partial charge is 0.319 e. The van der Waals surface area contributed by atoms with Gasteiger partial charge in [0.1, 0.15) is 0 Å². The summed E-state index contributed by atoms with van der Waals surface area (Å²) in [6, 6.07) is 3.12. The molecular weight excluding hydrogens is 234 g/mol. The second-order valence-corrected chi connectivity index (χ2v) is 4.16. The number of anilines is 1. The number of carboxylic acid groups (broad SMARTS) is 1.